The number of nitrogens with zero attached hydrogens (tertiary/aromatic N) is 2. The lowest BCUT2D eigenvalue weighted by atomic mass is 10.1. The Bertz CT molecular complexity index is 657. The molecule has 1 aliphatic rings. The number of hydrogen-bond donors (Lipinski definition) is 1. The highest BCUT2D eigenvalue weighted by Gasteiger charge is 2.31. The lowest BCUT2D eigenvalue weighted by molar-refractivity contribution is -0.274. The van der Waals surface area contributed by atoms with Gasteiger partial charge in [-0.2, -0.15) is 0 Å². The molecule has 2 aromatic rings. The largest absolute Gasteiger partial charge is 0.573 e. The minimum atomic E-state index is -4.69. The quantitative estimate of drug-likeness (QED) is 0.940. The Labute approximate surface area is 119 Å². The molecule has 0 aliphatic heterocycles. The van der Waals surface area contributed by atoms with Gasteiger partial charge in [-0.05, 0) is 44.0 Å². The SMILES string of the molecule is Cc1nc(-c2ccc(OC(F)(F)F)cc2)c(N)n1C1CC1. The molecule has 1 aromatic heterocycles. The van der Waals surface area contributed by atoms with Gasteiger partial charge in [-0.15, -0.1) is 13.2 Å². The summed E-state index contributed by atoms with van der Waals surface area (Å²) in [5.74, 6) is 1.11. The topological polar surface area (TPSA) is 53.1 Å². The van der Waals surface area contributed by atoms with Crippen LogP contribution in [0.25, 0.3) is 11.3 Å². The van der Waals surface area contributed by atoms with E-state index in [-0.39, 0.29) is 5.75 Å². The summed E-state index contributed by atoms with van der Waals surface area (Å²) in [6.45, 7) is 1.87. The number of ether oxygens (including phenoxy) is 1. The van der Waals surface area contributed by atoms with E-state index in [1.54, 1.807) is 0 Å². The first-order valence-electron chi connectivity index (χ1n) is 6.55. The van der Waals surface area contributed by atoms with Crippen LogP contribution in [0.3, 0.4) is 0 Å². The highest BCUT2D eigenvalue weighted by Crippen LogP contribution is 2.40. The number of nitrogens with two attached hydrogens (primary N) is 1. The van der Waals surface area contributed by atoms with Crippen molar-refractivity contribution in [2.24, 2.45) is 0 Å². The lowest BCUT2D eigenvalue weighted by Gasteiger charge is -2.09. The molecule has 0 atom stereocenters. The van der Waals surface area contributed by atoms with Gasteiger partial charge in [0.05, 0.1) is 0 Å². The monoisotopic (exact) mass is 297 g/mol. The summed E-state index contributed by atoms with van der Waals surface area (Å²) in [5.41, 5.74) is 7.37. The van der Waals surface area contributed by atoms with Crippen molar-refractivity contribution in [2.75, 3.05) is 5.73 Å². The van der Waals surface area contributed by atoms with E-state index in [2.05, 4.69) is 9.72 Å². The number of rotatable bonds is 3. The van der Waals surface area contributed by atoms with Crippen molar-refractivity contribution in [3.63, 3.8) is 0 Å². The standard InChI is InChI=1S/C14H14F3N3O/c1-8-19-12(13(18)20(8)10-4-5-10)9-2-6-11(7-3-9)21-14(15,16)17/h2-3,6-7,10H,4-5,18H2,1H3. The molecule has 3 rings (SSSR count). The zero-order valence-corrected chi connectivity index (χ0v) is 11.3. The van der Waals surface area contributed by atoms with Crippen molar-refractivity contribution in [3.8, 4) is 17.0 Å². The van der Waals surface area contributed by atoms with E-state index in [1.165, 1.54) is 24.3 Å². The van der Waals surface area contributed by atoms with Crippen LogP contribution in [0.15, 0.2) is 24.3 Å². The van der Waals surface area contributed by atoms with Gasteiger partial charge in [0, 0.05) is 11.6 Å². The molecule has 0 bridgehead atoms. The van der Waals surface area contributed by atoms with Gasteiger partial charge >= 0.3 is 6.36 Å². The van der Waals surface area contributed by atoms with Gasteiger partial charge in [0.25, 0.3) is 0 Å². The number of aromatic nitrogens is 2. The molecule has 2 N–H and O–H groups in total. The Morgan fingerprint density at radius 3 is 2.38 bits per heavy atom. The van der Waals surface area contributed by atoms with Gasteiger partial charge in [-0.3, -0.25) is 0 Å². The molecule has 0 radical (unpaired) electrons. The van der Waals surface area contributed by atoms with Crippen LogP contribution in [0.4, 0.5) is 19.0 Å². The molecule has 1 fully saturated rings. The van der Waals surface area contributed by atoms with E-state index in [0.717, 1.165) is 18.7 Å². The van der Waals surface area contributed by atoms with Crippen LogP contribution in [0.5, 0.6) is 5.75 Å². The fourth-order valence-electron chi connectivity index (χ4n) is 2.38. The normalized spacial score (nSPS) is 15.2. The third-order valence-corrected chi connectivity index (χ3v) is 3.40. The van der Waals surface area contributed by atoms with E-state index in [0.29, 0.717) is 23.1 Å². The number of aryl methyl sites for hydroxylation is 1. The number of hydrogen-bond acceptors (Lipinski definition) is 3. The van der Waals surface area contributed by atoms with Gasteiger partial charge < -0.3 is 15.0 Å². The van der Waals surface area contributed by atoms with Crippen molar-refractivity contribution >= 4 is 5.82 Å². The maximum Gasteiger partial charge on any atom is 0.573 e. The molecule has 4 nitrogen and oxygen atoms in total. The van der Waals surface area contributed by atoms with Crippen LogP contribution in [0.1, 0.15) is 24.7 Å². The van der Waals surface area contributed by atoms with Gasteiger partial charge in [0.15, 0.2) is 0 Å². The molecule has 0 spiro atoms. The van der Waals surface area contributed by atoms with Crippen LogP contribution in [0.2, 0.25) is 0 Å². The van der Waals surface area contributed by atoms with Crippen molar-refractivity contribution in [1.82, 2.24) is 9.55 Å². The number of imidazole rings is 1. The Balaban J connectivity index is 1.89. The first kappa shape index (κ1) is 13.8. The van der Waals surface area contributed by atoms with Crippen LogP contribution in [0, 0.1) is 6.92 Å². The summed E-state index contributed by atoms with van der Waals surface area (Å²) in [6, 6.07) is 5.97. The highest BCUT2D eigenvalue weighted by molar-refractivity contribution is 5.71. The summed E-state index contributed by atoms with van der Waals surface area (Å²) in [7, 11) is 0. The number of halogens is 3. The fourth-order valence-corrected chi connectivity index (χ4v) is 2.38. The van der Waals surface area contributed by atoms with Crippen LogP contribution < -0.4 is 10.5 Å². The molecular formula is C14H14F3N3O. The zero-order valence-electron chi connectivity index (χ0n) is 11.3. The summed E-state index contributed by atoms with van der Waals surface area (Å²) in [6.07, 6.45) is -2.52. The third-order valence-electron chi connectivity index (χ3n) is 3.40. The summed E-state index contributed by atoms with van der Waals surface area (Å²) in [4.78, 5) is 4.42. The average molecular weight is 297 g/mol. The number of alkyl halides is 3. The van der Waals surface area contributed by atoms with Crippen molar-refractivity contribution < 1.29 is 17.9 Å². The summed E-state index contributed by atoms with van der Waals surface area (Å²) >= 11 is 0. The molecule has 0 saturated heterocycles. The molecule has 0 amide bonds. The third kappa shape index (κ3) is 2.81. The second-order valence-electron chi connectivity index (χ2n) is 5.07. The second kappa shape index (κ2) is 4.68. The van der Waals surface area contributed by atoms with E-state index in [1.807, 2.05) is 11.5 Å². The van der Waals surface area contributed by atoms with Gasteiger partial charge in [-0.1, -0.05) is 0 Å². The Morgan fingerprint density at radius 2 is 1.86 bits per heavy atom. The van der Waals surface area contributed by atoms with E-state index in [4.69, 9.17) is 5.73 Å². The zero-order chi connectivity index (χ0) is 15.2. The molecule has 7 heteroatoms. The van der Waals surface area contributed by atoms with Crippen molar-refractivity contribution in [1.29, 1.82) is 0 Å². The first-order valence-corrected chi connectivity index (χ1v) is 6.55. The average Bonchev–Trinajstić information content (AvgIpc) is 3.16. The maximum absolute atomic E-state index is 12.1. The molecule has 1 aliphatic carbocycles. The smallest absolute Gasteiger partial charge is 0.406 e. The molecular weight excluding hydrogens is 283 g/mol. The van der Waals surface area contributed by atoms with E-state index < -0.39 is 6.36 Å². The van der Waals surface area contributed by atoms with Crippen LogP contribution >= 0.6 is 0 Å². The Hall–Kier alpha value is -2.18. The summed E-state index contributed by atoms with van der Waals surface area (Å²) in [5, 5.41) is 0. The van der Waals surface area contributed by atoms with Gasteiger partial charge in [0.2, 0.25) is 0 Å². The summed E-state index contributed by atoms with van der Waals surface area (Å²) < 4.78 is 42.2. The second-order valence-corrected chi connectivity index (χ2v) is 5.07. The molecule has 0 unspecified atom stereocenters. The van der Waals surface area contributed by atoms with Crippen LogP contribution in [-0.4, -0.2) is 15.9 Å². The number of benzene rings is 1. The predicted octanol–water partition coefficient (Wildman–Crippen LogP) is 3.67. The number of anilines is 1. The molecule has 1 saturated carbocycles. The van der Waals surface area contributed by atoms with Crippen molar-refractivity contribution in [3.05, 3.63) is 30.1 Å². The Kier molecular flexibility index (Phi) is 3.07. The lowest BCUT2D eigenvalue weighted by Crippen LogP contribution is -2.16. The maximum atomic E-state index is 12.1. The van der Waals surface area contributed by atoms with E-state index >= 15 is 0 Å². The first-order chi connectivity index (χ1) is 9.85. The van der Waals surface area contributed by atoms with Gasteiger partial charge in [0.1, 0.15) is 23.1 Å². The highest BCUT2D eigenvalue weighted by atomic mass is 19.4. The van der Waals surface area contributed by atoms with Crippen LogP contribution in [-0.2, 0) is 0 Å². The fraction of sp³-hybridized carbons (Fsp3) is 0.357. The Morgan fingerprint density at radius 1 is 1.24 bits per heavy atom. The minimum absolute atomic E-state index is 0.261. The van der Waals surface area contributed by atoms with Gasteiger partial charge in [-0.25, -0.2) is 4.98 Å². The molecule has 21 heavy (non-hydrogen) atoms. The predicted molar refractivity (Wildman–Crippen MR) is 71.8 cm³/mol. The molecule has 1 aromatic carbocycles. The number of nitrogen functional groups attached to an aromatic ring is 1. The van der Waals surface area contributed by atoms with E-state index in [9.17, 15) is 13.2 Å². The van der Waals surface area contributed by atoms with Crippen molar-refractivity contribution in [2.45, 2.75) is 32.2 Å². The molecule has 1 heterocycles. The molecule has 112 valence electrons. The minimum Gasteiger partial charge on any atom is -0.406 e.